The summed E-state index contributed by atoms with van der Waals surface area (Å²) in [6.07, 6.45) is 0. The summed E-state index contributed by atoms with van der Waals surface area (Å²) < 4.78 is 32.6. The van der Waals surface area contributed by atoms with E-state index in [0.29, 0.717) is 17.3 Å². The van der Waals surface area contributed by atoms with Crippen molar-refractivity contribution in [2.75, 3.05) is 26.7 Å². The number of hydrogen-bond donors (Lipinski definition) is 2. The number of nitrogens with zero attached hydrogens (tertiary/aromatic N) is 3. The van der Waals surface area contributed by atoms with Crippen LogP contribution in [-0.2, 0) is 10.0 Å². The van der Waals surface area contributed by atoms with Gasteiger partial charge in [0, 0.05) is 31.2 Å². The van der Waals surface area contributed by atoms with Crippen molar-refractivity contribution < 1.29 is 12.9 Å². The van der Waals surface area contributed by atoms with Crippen LogP contribution in [0.2, 0.25) is 0 Å². The van der Waals surface area contributed by atoms with Crippen molar-refractivity contribution >= 4 is 22.4 Å². The fourth-order valence-electron chi connectivity index (χ4n) is 2.76. The molecule has 0 radical (unpaired) electrons. The van der Waals surface area contributed by atoms with E-state index in [1.807, 2.05) is 7.05 Å². The quantitative estimate of drug-likeness (QED) is 0.781. The third-order valence-corrected chi connectivity index (χ3v) is 5.69. The van der Waals surface area contributed by atoms with E-state index >= 15 is 0 Å². The number of sulfonamides is 1. The van der Waals surface area contributed by atoms with E-state index in [9.17, 15) is 8.42 Å². The minimum Gasteiger partial charge on any atom is -0.334 e. The van der Waals surface area contributed by atoms with Crippen molar-refractivity contribution in [3.8, 4) is 11.5 Å². The molecule has 8 nitrogen and oxygen atoms in total. The van der Waals surface area contributed by atoms with Crippen molar-refractivity contribution in [2.45, 2.75) is 30.8 Å². The molecule has 1 aromatic heterocycles. The Balaban J connectivity index is 0.00000243. The molecule has 26 heavy (non-hydrogen) atoms. The molecule has 1 aliphatic heterocycles. The third-order valence-electron chi connectivity index (χ3n) is 4.03. The van der Waals surface area contributed by atoms with Gasteiger partial charge in [0.25, 0.3) is 5.89 Å². The highest BCUT2D eigenvalue weighted by molar-refractivity contribution is 7.89. The molecule has 10 heteroatoms. The fraction of sp³-hybridized carbons (Fsp3) is 0.500. The third kappa shape index (κ3) is 4.60. The van der Waals surface area contributed by atoms with Crippen molar-refractivity contribution in [1.29, 1.82) is 0 Å². The lowest BCUT2D eigenvalue weighted by atomic mass is 10.2. The zero-order valence-corrected chi connectivity index (χ0v) is 16.6. The van der Waals surface area contributed by atoms with Gasteiger partial charge in [-0.1, -0.05) is 11.2 Å². The first-order chi connectivity index (χ1) is 11.9. The second-order valence-corrected chi connectivity index (χ2v) is 8.18. The second-order valence-electron chi connectivity index (χ2n) is 6.46. The Morgan fingerprint density at radius 3 is 2.85 bits per heavy atom. The predicted octanol–water partition coefficient (Wildman–Crippen LogP) is 1.42. The lowest BCUT2D eigenvalue weighted by Crippen LogP contribution is -2.44. The highest BCUT2D eigenvalue weighted by Gasteiger charge is 2.26. The van der Waals surface area contributed by atoms with Gasteiger partial charge in [0.2, 0.25) is 10.0 Å². The highest BCUT2D eigenvalue weighted by Crippen LogP contribution is 2.24. The number of benzene rings is 1. The number of rotatable bonds is 5. The summed E-state index contributed by atoms with van der Waals surface area (Å²) in [5.74, 6) is 0.911. The molecule has 1 saturated heterocycles. The summed E-state index contributed by atoms with van der Waals surface area (Å²) in [6.45, 7) is 6.15. The van der Waals surface area contributed by atoms with Gasteiger partial charge in [0.05, 0.1) is 10.9 Å². The summed E-state index contributed by atoms with van der Waals surface area (Å²) in [5.41, 5.74) is 0.580. The maximum absolute atomic E-state index is 12.3. The summed E-state index contributed by atoms with van der Waals surface area (Å²) in [6, 6.07) is 6.38. The molecule has 2 aromatic rings. The first-order valence-corrected chi connectivity index (χ1v) is 9.72. The van der Waals surface area contributed by atoms with Crippen molar-refractivity contribution in [3.05, 3.63) is 30.1 Å². The molecule has 0 aliphatic carbocycles. The number of halogens is 1. The van der Waals surface area contributed by atoms with Gasteiger partial charge < -0.3 is 9.84 Å². The van der Waals surface area contributed by atoms with Crippen molar-refractivity contribution in [3.63, 3.8) is 0 Å². The summed E-state index contributed by atoms with van der Waals surface area (Å²) >= 11 is 0. The largest absolute Gasteiger partial charge is 0.334 e. The van der Waals surface area contributed by atoms with Gasteiger partial charge in [-0.2, -0.15) is 4.98 Å². The Bertz CT molecular complexity index is 840. The molecule has 1 atom stereocenters. The summed E-state index contributed by atoms with van der Waals surface area (Å²) in [5, 5.41) is 7.38. The topological polar surface area (TPSA) is 100 Å². The zero-order valence-electron chi connectivity index (χ0n) is 15.0. The number of hydrogen-bond acceptors (Lipinski definition) is 7. The molecular weight excluding hydrogens is 378 g/mol. The van der Waals surface area contributed by atoms with Crippen LogP contribution in [0.4, 0.5) is 0 Å². The van der Waals surface area contributed by atoms with E-state index in [-0.39, 0.29) is 29.4 Å². The van der Waals surface area contributed by atoms with Crippen LogP contribution in [-0.4, -0.2) is 56.2 Å². The van der Waals surface area contributed by atoms with E-state index in [2.05, 4.69) is 25.1 Å². The van der Waals surface area contributed by atoms with Crippen LogP contribution in [0.25, 0.3) is 11.5 Å². The average molecular weight is 402 g/mol. The van der Waals surface area contributed by atoms with Gasteiger partial charge in [-0.3, -0.25) is 4.90 Å². The van der Waals surface area contributed by atoms with Crippen LogP contribution in [0.15, 0.2) is 33.7 Å². The molecule has 1 unspecified atom stereocenters. The van der Waals surface area contributed by atoms with E-state index < -0.39 is 10.0 Å². The Labute approximate surface area is 159 Å². The first kappa shape index (κ1) is 20.8. The van der Waals surface area contributed by atoms with Crippen molar-refractivity contribution in [1.82, 2.24) is 25.1 Å². The van der Waals surface area contributed by atoms with Crippen LogP contribution in [0.5, 0.6) is 0 Å². The number of piperazine rings is 1. The zero-order chi connectivity index (χ0) is 18.0. The Kier molecular flexibility index (Phi) is 6.75. The molecule has 2 heterocycles. The molecule has 0 spiro atoms. The lowest BCUT2D eigenvalue weighted by Gasteiger charge is -2.30. The van der Waals surface area contributed by atoms with E-state index in [0.717, 1.165) is 19.6 Å². The number of aromatic nitrogens is 2. The smallest absolute Gasteiger partial charge is 0.258 e. The molecule has 2 N–H and O–H groups in total. The van der Waals surface area contributed by atoms with Gasteiger partial charge in [0.15, 0.2) is 5.82 Å². The minimum atomic E-state index is -3.57. The molecule has 0 amide bonds. The molecule has 1 aromatic carbocycles. The van der Waals surface area contributed by atoms with Crippen LogP contribution >= 0.6 is 12.4 Å². The van der Waals surface area contributed by atoms with E-state index in [1.54, 1.807) is 38.1 Å². The van der Waals surface area contributed by atoms with E-state index in [1.165, 1.54) is 0 Å². The minimum absolute atomic E-state index is 0. The van der Waals surface area contributed by atoms with Gasteiger partial charge in [-0.15, -0.1) is 12.4 Å². The van der Waals surface area contributed by atoms with Crippen LogP contribution in [0.1, 0.15) is 25.7 Å². The Morgan fingerprint density at radius 2 is 2.15 bits per heavy atom. The van der Waals surface area contributed by atoms with E-state index in [4.69, 9.17) is 4.52 Å². The molecule has 144 valence electrons. The molecule has 1 aliphatic rings. The summed E-state index contributed by atoms with van der Waals surface area (Å²) in [7, 11) is -1.55. The fourth-order valence-corrected chi connectivity index (χ4v) is 4.05. The standard InChI is InChI=1S/C16H23N5O3S.ClH/c1-11(2)20-25(22,23)13-6-4-5-12(9-13)16-18-15(19-24-16)14-10-17-7-8-21(14)3;/h4-6,9,11,14,17,20H,7-8,10H2,1-3H3;1H. The maximum Gasteiger partial charge on any atom is 0.258 e. The first-order valence-electron chi connectivity index (χ1n) is 8.24. The normalized spacial score (nSPS) is 18.7. The number of nitrogens with one attached hydrogen (secondary N) is 2. The van der Waals surface area contributed by atoms with Crippen LogP contribution in [0, 0.1) is 0 Å². The Hall–Kier alpha value is -1.52. The van der Waals surface area contributed by atoms with Gasteiger partial charge in [-0.25, -0.2) is 13.1 Å². The van der Waals surface area contributed by atoms with Gasteiger partial charge in [-0.05, 0) is 39.1 Å². The van der Waals surface area contributed by atoms with Gasteiger partial charge >= 0.3 is 0 Å². The molecule has 1 fully saturated rings. The monoisotopic (exact) mass is 401 g/mol. The Morgan fingerprint density at radius 1 is 1.38 bits per heavy atom. The lowest BCUT2D eigenvalue weighted by molar-refractivity contribution is 0.190. The highest BCUT2D eigenvalue weighted by atomic mass is 35.5. The average Bonchev–Trinajstić information content (AvgIpc) is 3.04. The van der Waals surface area contributed by atoms with Crippen LogP contribution < -0.4 is 10.0 Å². The molecule has 0 saturated carbocycles. The van der Waals surface area contributed by atoms with Gasteiger partial charge in [0.1, 0.15) is 0 Å². The predicted molar refractivity (Wildman–Crippen MR) is 101 cm³/mol. The van der Waals surface area contributed by atoms with Crippen molar-refractivity contribution in [2.24, 2.45) is 0 Å². The van der Waals surface area contributed by atoms with Crippen LogP contribution in [0.3, 0.4) is 0 Å². The molecule has 0 bridgehead atoms. The maximum atomic E-state index is 12.3. The SMILES string of the molecule is CC(C)NS(=O)(=O)c1cccc(-c2nc(C3CNCCN3C)no2)c1.Cl. The molecule has 3 rings (SSSR count). The summed E-state index contributed by atoms with van der Waals surface area (Å²) in [4.78, 5) is 6.81. The second kappa shape index (κ2) is 8.45. The molecular formula is C16H24ClN5O3S. The number of likely N-dealkylation sites (N-methyl/N-ethyl adjacent to an activating group) is 1.